The second-order valence-electron chi connectivity index (χ2n) is 6.01. The number of benzene rings is 1. The highest BCUT2D eigenvalue weighted by Gasteiger charge is 2.41. The van der Waals surface area contributed by atoms with Gasteiger partial charge in [0.15, 0.2) is 5.17 Å². The smallest absolute Gasteiger partial charge is 0.338 e. The highest BCUT2D eigenvalue weighted by molar-refractivity contribution is 8.16. The van der Waals surface area contributed by atoms with Gasteiger partial charge in [0, 0.05) is 5.70 Å². The van der Waals surface area contributed by atoms with E-state index in [4.69, 9.17) is 9.47 Å². The Kier molecular flexibility index (Phi) is 6.01. The van der Waals surface area contributed by atoms with Crippen molar-refractivity contribution in [2.75, 3.05) is 13.2 Å². The fraction of sp³-hybridized carbons (Fsp3) is 0.350. The van der Waals surface area contributed by atoms with Crippen molar-refractivity contribution in [3.8, 4) is 0 Å². The molecule has 1 aromatic rings. The number of nitrogens with zero attached hydrogens (tertiary/aromatic N) is 2. The highest BCUT2D eigenvalue weighted by atomic mass is 32.2. The molecule has 1 aromatic carbocycles. The lowest BCUT2D eigenvalue weighted by Crippen LogP contribution is -2.37. The SMILES string of the molecule is CCOC(=O)CC1=CSC2=NC(C)=C(C(=O)OCC)[C@@H](c3ccccc3)N12. The second kappa shape index (κ2) is 8.43. The van der Waals surface area contributed by atoms with Crippen LogP contribution in [0.5, 0.6) is 0 Å². The Bertz CT molecular complexity index is 830. The fourth-order valence-corrected chi connectivity index (χ4v) is 4.11. The van der Waals surface area contributed by atoms with Gasteiger partial charge in [-0.15, -0.1) is 0 Å². The van der Waals surface area contributed by atoms with E-state index in [1.807, 2.05) is 47.6 Å². The molecule has 0 radical (unpaired) electrons. The number of carbonyl (C=O) groups excluding carboxylic acids is 2. The lowest BCUT2D eigenvalue weighted by molar-refractivity contribution is -0.142. The third kappa shape index (κ3) is 3.93. The molecule has 0 spiro atoms. The Morgan fingerprint density at radius 1 is 1.15 bits per heavy atom. The van der Waals surface area contributed by atoms with Crippen LogP contribution in [0.3, 0.4) is 0 Å². The number of esters is 2. The molecule has 3 rings (SSSR count). The molecule has 2 aliphatic heterocycles. The van der Waals surface area contributed by atoms with Gasteiger partial charge in [0.2, 0.25) is 0 Å². The van der Waals surface area contributed by atoms with Crippen LogP contribution in [0, 0.1) is 0 Å². The Hall–Kier alpha value is -2.54. The largest absolute Gasteiger partial charge is 0.466 e. The lowest BCUT2D eigenvalue weighted by atomic mass is 9.94. The first kappa shape index (κ1) is 19.2. The monoisotopic (exact) mass is 386 g/mol. The van der Waals surface area contributed by atoms with Crippen molar-refractivity contribution in [1.82, 2.24) is 4.90 Å². The van der Waals surface area contributed by atoms with Crippen LogP contribution in [0.1, 0.15) is 38.8 Å². The normalized spacial score (nSPS) is 18.6. The van der Waals surface area contributed by atoms with Gasteiger partial charge in [-0.2, -0.15) is 0 Å². The molecule has 6 nitrogen and oxygen atoms in total. The Balaban J connectivity index is 2.03. The molecule has 2 aliphatic rings. The van der Waals surface area contributed by atoms with Crippen LogP contribution in [0.4, 0.5) is 0 Å². The molecule has 0 bridgehead atoms. The number of amidine groups is 1. The first-order valence-corrected chi connectivity index (χ1v) is 9.76. The number of allylic oxidation sites excluding steroid dienone is 1. The molecular weight excluding hydrogens is 364 g/mol. The molecule has 0 fully saturated rings. The summed E-state index contributed by atoms with van der Waals surface area (Å²) in [5, 5.41) is 2.64. The molecule has 0 aliphatic carbocycles. The minimum atomic E-state index is -0.395. The number of carbonyl (C=O) groups is 2. The van der Waals surface area contributed by atoms with Crippen molar-refractivity contribution in [1.29, 1.82) is 0 Å². The molecular formula is C20H22N2O4S. The number of aliphatic imine (C=N–C) groups is 1. The summed E-state index contributed by atoms with van der Waals surface area (Å²) in [7, 11) is 0. The average Bonchev–Trinajstić information content (AvgIpc) is 3.03. The third-order valence-electron chi connectivity index (χ3n) is 4.24. The zero-order chi connectivity index (χ0) is 19.4. The number of hydrogen-bond acceptors (Lipinski definition) is 7. The van der Waals surface area contributed by atoms with E-state index < -0.39 is 6.04 Å². The van der Waals surface area contributed by atoms with Crippen molar-refractivity contribution in [3.63, 3.8) is 0 Å². The zero-order valence-corrected chi connectivity index (χ0v) is 16.4. The van der Waals surface area contributed by atoms with E-state index in [0.717, 1.165) is 16.4 Å². The Morgan fingerprint density at radius 3 is 2.52 bits per heavy atom. The summed E-state index contributed by atoms with van der Waals surface area (Å²) in [6.07, 6.45) is 0.123. The maximum absolute atomic E-state index is 12.7. The third-order valence-corrected chi connectivity index (χ3v) is 5.13. The predicted molar refractivity (Wildman–Crippen MR) is 105 cm³/mol. The van der Waals surface area contributed by atoms with Crippen molar-refractivity contribution in [2.45, 2.75) is 33.2 Å². The maximum atomic E-state index is 12.7. The van der Waals surface area contributed by atoms with Gasteiger partial charge in [0.1, 0.15) is 0 Å². The molecule has 0 saturated carbocycles. The van der Waals surface area contributed by atoms with Crippen LogP contribution in [-0.4, -0.2) is 35.2 Å². The van der Waals surface area contributed by atoms with E-state index in [1.54, 1.807) is 13.8 Å². The summed E-state index contributed by atoms with van der Waals surface area (Å²) in [5.41, 5.74) is 2.82. The van der Waals surface area contributed by atoms with Gasteiger partial charge < -0.3 is 14.4 Å². The van der Waals surface area contributed by atoms with Gasteiger partial charge in [-0.1, -0.05) is 42.1 Å². The van der Waals surface area contributed by atoms with Crippen LogP contribution >= 0.6 is 11.8 Å². The first-order valence-electron chi connectivity index (χ1n) is 8.88. The van der Waals surface area contributed by atoms with Crippen LogP contribution in [0.2, 0.25) is 0 Å². The van der Waals surface area contributed by atoms with Crippen molar-refractivity contribution >= 4 is 28.9 Å². The molecule has 7 heteroatoms. The number of thioether (sulfide) groups is 1. The van der Waals surface area contributed by atoms with Gasteiger partial charge in [-0.25, -0.2) is 9.79 Å². The fourth-order valence-electron chi connectivity index (χ4n) is 3.15. The molecule has 142 valence electrons. The zero-order valence-electron chi connectivity index (χ0n) is 15.6. The molecule has 2 heterocycles. The van der Waals surface area contributed by atoms with E-state index in [-0.39, 0.29) is 25.0 Å². The average molecular weight is 386 g/mol. The van der Waals surface area contributed by atoms with E-state index in [0.29, 0.717) is 17.9 Å². The number of hydrogen-bond donors (Lipinski definition) is 0. The molecule has 0 N–H and O–H groups in total. The summed E-state index contributed by atoms with van der Waals surface area (Å²) in [6, 6.07) is 9.31. The predicted octanol–water partition coefficient (Wildman–Crippen LogP) is 3.78. The van der Waals surface area contributed by atoms with Gasteiger partial charge in [-0.05, 0) is 31.7 Å². The molecule has 1 atom stereocenters. The van der Waals surface area contributed by atoms with Gasteiger partial charge >= 0.3 is 11.9 Å². The standard InChI is InChI=1S/C20H22N2O4S/c1-4-25-16(23)11-15-12-27-20-21-13(3)17(19(24)26-5-2)18(22(15)20)14-9-7-6-8-10-14/h6-10,12,18H,4-5,11H2,1-3H3/t18-/m1/s1. The molecule has 0 amide bonds. The van der Waals surface area contributed by atoms with Gasteiger partial charge in [0.05, 0.1) is 36.9 Å². The molecule has 0 saturated heterocycles. The van der Waals surface area contributed by atoms with E-state index in [1.165, 1.54) is 11.8 Å². The van der Waals surface area contributed by atoms with E-state index in [9.17, 15) is 9.59 Å². The van der Waals surface area contributed by atoms with Crippen molar-refractivity contribution < 1.29 is 19.1 Å². The summed E-state index contributed by atoms with van der Waals surface area (Å²) < 4.78 is 10.4. The minimum Gasteiger partial charge on any atom is -0.466 e. The number of fused-ring (bicyclic) bond motifs is 1. The lowest BCUT2D eigenvalue weighted by Gasteiger charge is -2.36. The summed E-state index contributed by atoms with van der Waals surface area (Å²) in [6.45, 7) is 5.99. The molecule has 0 unspecified atom stereocenters. The van der Waals surface area contributed by atoms with Crippen LogP contribution in [-0.2, 0) is 19.1 Å². The summed E-state index contributed by atoms with van der Waals surface area (Å²) >= 11 is 1.44. The van der Waals surface area contributed by atoms with Gasteiger partial charge in [0.25, 0.3) is 0 Å². The van der Waals surface area contributed by atoms with Gasteiger partial charge in [-0.3, -0.25) is 4.79 Å². The minimum absolute atomic E-state index is 0.123. The number of ether oxygens (including phenoxy) is 2. The van der Waals surface area contributed by atoms with Crippen molar-refractivity contribution in [2.24, 2.45) is 4.99 Å². The summed E-state index contributed by atoms with van der Waals surface area (Å²) in [5.74, 6) is -0.694. The number of rotatable bonds is 6. The Morgan fingerprint density at radius 2 is 1.85 bits per heavy atom. The van der Waals surface area contributed by atoms with E-state index >= 15 is 0 Å². The topological polar surface area (TPSA) is 68.2 Å². The quantitative estimate of drug-likeness (QED) is 0.693. The van der Waals surface area contributed by atoms with E-state index in [2.05, 4.69) is 4.99 Å². The second-order valence-corrected chi connectivity index (χ2v) is 6.84. The summed E-state index contributed by atoms with van der Waals surface area (Å²) in [4.78, 5) is 31.3. The van der Waals surface area contributed by atoms with Crippen LogP contribution in [0.15, 0.2) is 57.7 Å². The first-order chi connectivity index (χ1) is 13.1. The highest BCUT2D eigenvalue weighted by Crippen LogP contribution is 2.44. The van der Waals surface area contributed by atoms with Crippen molar-refractivity contribution in [3.05, 3.63) is 58.3 Å². The van der Waals surface area contributed by atoms with Crippen LogP contribution in [0.25, 0.3) is 0 Å². The molecule has 0 aromatic heterocycles. The Labute approximate surface area is 162 Å². The molecule has 27 heavy (non-hydrogen) atoms. The maximum Gasteiger partial charge on any atom is 0.338 e. The van der Waals surface area contributed by atoms with Crippen LogP contribution < -0.4 is 0 Å².